The predicted octanol–water partition coefficient (Wildman–Crippen LogP) is 1.54. The van der Waals surface area contributed by atoms with Crippen LogP contribution in [0.1, 0.15) is 24.1 Å². The third kappa shape index (κ3) is 2.84. The van der Waals surface area contributed by atoms with Gasteiger partial charge in [0.05, 0.1) is 0 Å². The van der Waals surface area contributed by atoms with Crippen molar-refractivity contribution in [2.75, 3.05) is 32.1 Å². The largest absolute Gasteiger partial charge is 0.346 e. The van der Waals surface area contributed by atoms with E-state index < -0.39 is 0 Å². The van der Waals surface area contributed by atoms with Gasteiger partial charge in [-0.15, -0.1) is 11.3 Å². The SMILES string of the molecule is CN(C)C1CCN(c2ncc(CNC3CC3)s2)C1. The molecular weight excluding hydrogens is 244 g/mol. The van der Waals surface area contributed by atoms with Crippen LogP contribution < -0.4 is 10.2 Å². The van der Waals surface area contributed by atoms with E-state index in [1.807, 2.05) is 17.5 Å². The van der Waals surface area contributed by atoms with Crippen LogP contribution in [-0.4, -0.2) is 49.2 Å². The molecule has 0 amide bonds. The molecule has 1 saturated heterocycles. The van der Waals surface area contributed by atoms with Gasteiger partial charge in [0.25, 0.3) is 0 Å². The first-order valence-corrected chi connectivity index (χ1v) is 7.63. The van der Waals surface area contributed by atoms with Crippen LogP contribution in [0.5, 0.6) is 0 Å². The van der Waals surface area contributed by atoms with Gasteiger partial charge in [-0.1, -0.05) is 0 Å². The standard InChI is InChI=1S/C13H22N4S/c1-16(2)11-5-6-17(9-11)13-15-8-12(18-13)7-14-10-3-4-10/h8,10-11,14H,3-7,9H2,1-2H3. The molecule has 1 unspecified atom stereocenters. The minimum Gasteiger partial charge on any atom is -0.346 e. The molecule has 1 aliphatic heterocycles. The van der Waals surface area contributed by atoms with Gasteiger partial charge in [-0.25, -0.2) is 4.98 Å². The van der Waals surface area contributed by atoms with Gasteiger partial charge in [0.2, 0.25) is 0 Å². The van der Waals surface area contributed by atoms with E-state index in [0.29, 0.717) is 6.04 Å². The normalized spacial score (nSPS) is 24.2. The number of thiazole rings is 1. The van der Waals surface area contributed by atoms with E-state index in [2.05, 4.69) is 34.2 Å². The molecule has 0 bridgehead atoms. The van der Waals surface area contributed by atoms with Crippen molar-refractivity contribution in [3.63, 3.8) is 0 Å². The van der Waals surface area contributed by atoms with Crippen molar-refractivity contribution < 1.29 is 0 Å². The monoisotopic (exact) mass is 266 g/mol. The summed E-state index contributed by atoms with van der Waals surface area (Å²) in [5.41, 5.74) is 0. The molecule has 18 heavy (non-hydrogen) atoms. The summed E-state index contributed by atoms with van der Waals surface area (Å²) in [6, 6.07) is 1.46. The van der Waals surface area contributed by atoms with Crippen molar-refractivity contribution in [3.05, 3.63) is 11.1 Å². The summed E-state index contributed by atoms with van der Waals surface area (Å²) in [7, 11) is 4.34. The summed E-state index contributed by atoms with van der Waals surface area (Å²) < 4.78 is 0. The number of hydrogen-bond donors (Lipinski definition) is 1. The number of anilines is 1. The molecular formula is C13H22N4S. The molecule has 2 heterocycles. The minimum absolute atomic E-state index is 0.682. The molecule has 1 saturated carbocycles. The smallest absolute Gasteiger partial charge is 0.185 e. The lowest BCUT2D eigenvalue weighted by molar-refractivity contribution is 0.315. The van der Waals surface area contributed by atoms with E-state index in [1.54, 1.807) is 0 Å². The Hall–Kier alpha value is -0.650. The molecule has 1 aromatic rings. The molecule has 100 valence electrons. The van der Waals surface area contributed by atoms with Crippen LogP contribution in [0.3, 0.4) is 0 Å². The Balaban J connectivity index is 1.55. The Bertz CT molecular complexity index is 399. The van der Waals surface area contributed by atoms with Crippen LogP contribution in [-0.2, 0) is 6.54 Å². The summed E-state index contributed by atoms with van der Waals surface area (Å²) in [6.07, 6.45) is 5.99. The zero-order chi connectivity index (χ0) is 12.5. The van der Waals surface area contributed by atoms with Gasteiger partial charge in [-0.3, -0.25) is 0 Å². The Labute approximate surface area is 113 Å². The first-order chi connectivity index (χ1) is 8.72. The highest BCUT2D eigenvalue weighted by Crippen LogP contribution is 2.27. The van der Waals surface area contributed by atoms with E-state index in [0.717, 1.165) is 25.7 Å². The van der Waals surface area contributed by atoms with Crippen LogP contribution in [0.2, 0.25) is 0 Å². The molecule has 1 N–H and O–H groups in total. The second kappa shape index (κ2) is 5.15. The average Bonchev–Trinajstić information content (AvgIpc) is 2.88. The summed E-state index contributed by atoms with van der Waals surface area (Å²) in [4.78, 5) is 10.7. The summed E-state index contributed by atoms with van der Waals surface area (Å²) in [5.74, 6) is 0. The molecule has 5 heteroatoms. The van der Waals surface area contributed by atoms with Crippen LogP contribution in [0.25, 0.3) is 0 Å². The fraction of sp³-hybridized carbons (Fsp3) is 0.769. The lowest BCUT2D eigenvalue weighted by atomic mass is 10.2. The minimum atomic E-state index is 0.682. The van der Waals surface area contributed by atoms with Crippen LogP contribution in [0.4, 0.5) is 5.13 Å². The van der Waals surface area contributed by atoms with Gasteiger partial charge in [0.1, 0.15) is 0 Å². The third-order valence-corrected chi connectivity index (χ3v) is 4.91. The third-order valence-electron chi connectivity index (χ3n) is 3.85. The molecule has 2 fully saturated rings. The number of likely N-dealkylation sites (N-methyl/N-ethyl adjacent to an activating group) is 1. The average molecular weight is 266 g/mol. The number of hydrogen-bond acceptors (Lipinski definition) is 5. The number of nitrogens with zero attached hydrogens (tertiary/aromatic N) is 3. The Morgan fingerprint density at radius 2 is 2.28 bits per heavy atom. The second-order valence-corrected chi connectivity index (χ2v) is 6.71. The highest BCUT2D eigenvalue weighted by atomic mass is 32.1. The molecule has 3 rings (SSSR count). The lowest BCUT2D eigenvalue weighted by Gasteiger charge is -2.19. The molecule has 1 aromatic heterocycles. The van der Waals surface area contributed by atoms with E-state index in [4.69, 9.17) is 0 Å². The van der Waals surface area contributed by atoms with Gasteiger partial charge in [0, 0.05) is 42.8 Å². The Morgan fingerprint density at radius 3 is 2.94 bits per heavy atom. The van der Waals surface area contributed by atoms with Gasteiger partial charge < -0.3 is 15.1 Å². The number of nitrogens with one attached hydrogen (secondary N) is 1. The molecule has 1 aliphatic carbocycles. The Kier molecular flexibility index (Phi) is 3.54. The van der Waals surface area contributed by atoms with Crippen LogP contribution in [0, 0.1) is 0 Å². The fourth-order valence-electron chi connectivity index (χ4n) is 2.39. The van der Waals surface area contributed by atoms with E-state index >= 15 is 0 Å². The van der Waals surface area contributed by atoms with E-state index in [-0.39, 0.29) is 0 Å². The van der Waals surface area contributed by atoms with Crippen molar-refractivity contribution in [2.24, 2.45) is 0 Å². The molecule has 4 nitrogen and oxygen atoms in total. The molecule has 2 aliphatic rings. The number of rotatable bonds is 5. The second-order valence-electron chi connectivity index (χ2n) is 5.62. The van der Waals surface area contributed by atoms with E-state index in [9.17, 15) is 0 Å². The topological polar surface area (TPSA) is 31.4 Å². The molecule has 0 aromatic carbocycles. The summed E-state index contributed by atoms with van der Waals surface area (Å²) in [5, 5.41) is 4.75. The zero-order valence-electron chi connectivity index (χ0n) is 11.2. The summed E-state index contributed by atoms with van der Waals surface area (Å²) in [6.45, 7) is 3.26. The molecule has 0 spiro atoms. The first kappa shape index (κ1) is 12.4. The zero-order valence-corrected chi connectivity index (χ0v) is 12.0. The van der Waals surface area contributed by atoms with Gasteiger partial charge in [0.15, 0.2) is 5.13 Å². The maximum atomic E-state index is 4.58. The molecule has 0 radical (unpaired) electrons. The summed E-state index contributed by atoms with van der Waals surface area (Å²) >= 11 is 1.85. The van der Waals surface area contributed by atoms with Crippen molar-refractivity contribution in [1.82, 2.24) is 15.2 Å². The lowest BCUT2D eigenvalue weighted by Crippen LogP contribution is -2.31. The van der Waals surface area contributed by atoms with Gasteiger partial charge in [-0.2, -0.15) is 0 Å². The van der Waals surface area contributed by atoms with Gasteiger partial charge in [-0.05, 0) is 33.4 Å². The molecule has 1 atom stereocenters. The first-order valence-electron chi connectivity index (χ1n) is 6.82. The quantitative estimate of drug-likeness (QED) is 0.876. The predicted molar refractivity (Wildman–Crippen MR) is 76.3 cm³/mol. The van der Waals surface area contributed by atoms with Crippen molar-refractivity contribution in [1.29, 1.82) is 0 Å². The highest BCUT2D eigenvalue weighted by Gasteiger charge is 2.26. The van der Waals surface area contributed by atoms with Crippen molar-refractivity contribution >= 4 is 16.5 Å². The maximum absolute atomic E-state index is 4.58. The maximum Gasteiger partial charge on any atom is 0.185 e. The van der Waals surface area contributed by atoms with Crippen LogP contribution >= 0.6 is 11.3 Å². The van der Waals surface area contributed by atoms with Crippen LogP contribution in [0.15, 0.2) is 6.20 Å². The van der Waals surface area contributed by atoms with Gasteiger partial charge >= 0.3 is 0 Å². The van der Waals surface area contributed by atoms with Crippen molar-refractivity contribution in [3.8, 4) is 0 Å². The number of aromatic nitrogens is 1. The van der Waals surface area contributed by atoms with Crippen molar-refractivity contribution in [2.45, 2.75) is 37.9 Å². The van der Waals surface area contributed by atoms with E-state index in [1.165, 1.54) is 29.3 Å². The highest BCUT2D eigenvalue weighted by molar-refractivity contribution is 7.15. The fourth-order valence-corrected chi connectivity index (χ4v) is 3.29. The Morgan fingerprint density at radius 1 is 1.44 bits per heavy atom.